The Kier molecular flexibility index (Phi) is 4.40. The van der Waals surface area contributed by atoms with Crippen LogP contribution in [0.3, 0.4) is 0 Å². The quantitative estimate of drug-likeness (QED) is 0.442. The lowest BCUT2D eigenvalue weighted by Crippen LogP contribution is -2.21. The fraction of sp³-hybridized carbons (Fsp3) is 0.238. The summed E-state index contributed by atoms with van der Waals surface area (Å²) >= 11 is 6.09. The van der Waals surface area contributed by atoms with Crippen LogP contribution in [0.5, 0.6) is 0 Å². The van der Waals surface area contributed by atoms with Crippen LogP contribution in [0.1, 0.15) is 19.4 Å². The standard InChI is InChI=1S/C21H19ClN2O3/c1-4-24(5-2)15-7-6-13-9-16(21(25)26-18(13)11-15)20-23-17-10-14(22)8-12(3)19(17)27-20/h6-11H,4-5H2,1-3H3. The Balaban J connectivity index is 1.85. The molecule has 0 saturated carbocycles. The highest BCUT2D eigenvalue weighted by atomic mass is 35.5. The maximum atomic E-state index is 12.6. The van der Waals surface area contributed by atoms with E-state index in [2.05, 4.69) is 23.7 Å². The highest BCUT2D eigenvalue weighted by Crippen LogP contribution is 2.29. The molecule has 2 heterocycles. The number of oxazole rings is 1. The van der Waals surface area contributed by atoms with Crippen molar-refractivity contribution in [2.24, 2.45) is 0 Å². The van der Waals surface area contributed by atoms with E-state index in [-0.39, 0.29) is 5.89 Å². The van der Waals surface area contributed by atoms with Crippen LogP contribution in [0.4, 0.5) is 5.69 Å². The first-order valence-electron chi connectivity index (χ1n) is 8.90. The van der Waals surface area contributed by atoms with Crippen LogP contribution in [0.2, 0.25) is 5.02 Å². The number of fused-ring (bicyclic) bond motifs is 2. The monoisotopic (exact) mass is 382 g/mol. The summed E-state index contributed by atoms with van der Waals surface area (Å²) in [5.41, 5.74) is 3.49. The number of nitrogens with zero attached hydrogens (tertiary/aromatic N) is 2. The van der Waals surface area contributed by atoms with Crippen LogP contribution >= 0.6 is 11.6 Å². The summed E-state index contributed by atoms with van der Waals surface area (Å²) in [6, 6.07) is 11.1. The maximum Gasteiger partial charge on any atom is 0.349 e. The van der Waals surface area contributed by atoms with E-state index in [0.29, 0.717) is 27.3 Å². The minimum Gasteiger partial charge on any atom is -0.436 e. The molecule has 138 valence electrons. The second kappa shape index (κ2) is 6.74. The van der Waals surface area contributed by atoms with Gasteiger partial charge in [-0.1, -0.05) is 11.6 Å². The first-order chi connectivity index (χ1) is 13.0. The molecule has 0 bridgehead atoms. The maximum absolute atomic E-state index is 12.6. The average Bonchev–Trinajstić information content (AvgIpc) is 3.06. The Morgan fingerprint density at radius 3 is 2.59 bits per heavy atom. The highest BCUT2D eigenvalue weighted by Gasteiger charge is 2.16. The van der Waals surface area contributed by atoms with Crippen molar-refractivity contribution in [3.8, 4) is 11.5 Å². The summed E-state index contributed by atoms with van der Waals surface area (Å²) in [6.07, 6.45) is 0. The predicted molar refractivity (Wildman–Crippen MR) is 109 cm³/mol. The number of halogens is 1. The molecule has 0 spiro atoms. The Bertz CT molecular complexity index is 1210. The van der Waals surface area contributed by atoms with Gasteiger partial charge in [0.2, 0.25) is 5.89 Å². The lowest BCUT2D eigenvalue weighted by molar-refractivity contribution is 0.553. The lowest BCUT2D eigenvalue weighted by Gasteiger charge is -2.20. The van der Waals surface area contributed by atoms with Gasteiger partial charge in [-0.05, 0) is 56.7 Å². The number of aromatic nitrogens is 1. The molecule has 0 saturated heterocycles. The molecule has 4 rings (SSSR count). The smallest absolute Gasteiger partial charge is 0.349 e. The van der Waals surface area contributed by atoms with E-state index in [4.69, 9.17) is 20.4 Å². The van der Waals surface area contributed by atoms with E-state index >= 15 is 0 Å². The number of hydrogen-bond acceptors (Lipinski definition) is 5. The zero-order chi connectivity index (χ0) is 19.1. The molecule has 0 aliphatic rings. The van der Waals surface area contributed by atoms with Crippen LogP contribution in [0.25, 0.3) is 33.5 Å². The van der Waals surface area contributed by atoms with Crippen LogP contribution in [-0.4, -0.2) is 18.1 Å². The topological polar surface area (TPSA) is 59.5 Å². The second-order valence-corrected chi connectivity index (χ2v) is 6.87. The Hall–Kier alpha value is -2.79. The van der Waals surface area contributed by atoms with E-state index in [1.54, 1.807) is 18.2 Å². The van der Waals surface area contributed by atoms with Gasteiger partial charge in [-0.2, -0.15) is 0 Å². The molecule has 2 aromatic heterocycles. The summed E-state index contributed by atoms with van der Waals surface area (Å²) in [4.78, 5) is 19.2. The van der Waals surface area contributed by atoms with Crippen LogP contribution in [-0.2, 0) is 0 Å². The molecule has 0 N–H and O–H groups in total. The minimum absolute atomic E-state index is 0.235. The van der Waals surface area contributed by atoms with E-state index in [1.165, 1.54) is 0 Å². The largest absolute Gasteiger partial charge is 0.436 e. The second-order valence-electron chi connectivity index (χ2n) is 6.43. The van der Waals surface area contributed by atoms with Gasteiger partial charge >= 0.3 is 5.63 Å². The molecular weight excluding hydrogens is 364 g/mol. The predicted octanol–water partition coefficient (Wildman–Crippen LogP) is 5.41. The van der Waals surface area contributed by atoms with Crippen molar-refractivity contribution in [2.75, 3.05) is 18.0 Å². The van der Waals surface area contributed by atoms with Crippen LogP contribution < -0.4 is 10.5 Å². The first kappa shape index (κ1) is 17.6. The summed E-state index contributed by atoms with van der Waals surface area (Å²) in [6.45, 7) is 7.84. The van der Waals surface area contributed by atoms with E-state index in [9.17, 15) is 4.79 Å². The van der Waals surface area contributed by atoms with Crippen molar-refractivity contribution in [1.82, 2.24) is 4.98 Å². The van der Waals surface area contributed by atoms with Crippen molar-refractivity contribution < 1.29 is 8.83 Å². The molecular formula is C21H19ClN2O3. The summed E-state index contributed by atoms with van der Waals surface area (Å²) in [7, 11) is 0. The fourth-order valence-electron chi connectivity index (χ4n) is 3.31. The van der Waals surface area contributed by atoms with Crippen LogP contribution in [0, 0.1) is 6.92 Å². The molecule has 0 aliphatic heterocycles. The van der Waals surface area contributed by atoms with Crippen molar-refractivity contribution >= 4 is 39.4 Å². The zero-order valence-corrected chi connectivity index (χ0v) is 16.1. The summed E-state index contributed by atoms with van der Waals surface area (Å²) < 4.78 is 11.4. The van der Waals surface area contributed by atoms with Gasteiger partial charge in [0.05, 0.1) is 0 Å². The lowest BCUT2D eigenvalue weighted by atomic mass is 10.1. The van der Waals surface area contributed by atoms with Crippen LogP contribution in [0.15, 0.2) is 50.0 Å². The van der Waals surface area contributed by atoms with Gasteiger partial charge in [0, 0.05) is 35.3 Å². The number of aryl methyl sites for hydroxylation is 1. The molecule has 0 amide bonds. The summed E-state index contributed by atoms with van der Waals surface area (Å²) in [5, 5.41) is 1.40. The average molecular weight is 383 g/mol. The molecule has 0 atom stereocenters. The first-order valence-corrected chi connectivity index (χ1v) is 9.28. The third-order valence-electron chi connectivity index (χ3n) is 4.72. The summed E-state index contributed by atoms with van der Waals surface area (Å²) in [5.74, 6) is 0.235. The Morgan fingerprint density at radius 1 is 1.07 bits per heavy atom. The normalized spacial score (nSPS) is 11.4. The van der Waals surface area contributed by atoms with E-state index < -0.39 is 5.63 Å². The van der Waals surface area contributed by atoms with Gasteiger partial charge in [-0.3, -0.25) is 0 Å². The van der Waals surface area contributed by atoms with Gasteiger partial charge in [0.25, 0.3) is 0 Å². The number of hydrogen-bond donors (Lipinski definition) is 0. The number of benzene rings is 2. The zero-order valence-electron chi connectivity index (χ0n) is 15.4. The molecule has 0 unspecified atom stereocenters. The highest BCUT2D eigenvalue weighted by molar-refractivity contribution is 6.31. The Morgan fingerprint density at radius 2 is 1.85 bits per heavy atom. The molecule has 2 aromatic carbocycles. The number of rotatable bonds is 4. The number of anilines is 1. The Labute approximate surface area is 161 Å². The van der Waals surface area contributed by atoms with Gasteiger partial charge in [-0.15, -0.1) is 0 Å². The van der Waals surface area contributed by atoms with Gasteiger partial charge in [0.15, 0.2) is 5.58 Å². The van der Waals surface area contributed by atoms with Crippen molar-refractivity contribution in [3.63, 3.8) is 0 Å². The molecule has 5 nitrogen and oxygen atoms in total. The molecule has 0 fully saturated rings. The van der Waals surface area contributed by atoms with Crippen molar-refractivity contribution in [3.05, 3.63) is 57.4 Å². The minimum atomic E-state index is -0.477. The SMILES string of the molecule is CCN(CC)c1ccc2cc(-c3nc4cc(Cl)cc(C)c4o3)c(=O)oc2c1. The third-order valence-corrected chi connectivity index (χ3v) is 4.94. The fourth-order valence-corrected chi connectivity index (χ4v) is 3.57. The third kappa shape index (κ3) is 3.08. The molecule has 0 radical (unpaired) electrons. The molecule has 6 heteroatoms. The molecule has 27 heavy (non-hydrogen) atoms. The van der Waals surface area contributed by atoms with Gasteiger partial charge in [0.1, 0.15) is 16.7 Å². The van der Waals surface area contributed by atoms with Crippen molar-refractivity contribution in [1.29, 1.82) is 0 Å². The van der Waals surface area contributed by atoms with Gasteiger partial charge < -0.3 is 13.7 Å². The van der Waals surface area contributed by atoms with Crippen molar-refractivity contribution in [2.45, 2.75) is 20.8 Å². The van der Waals surface area contributed by atoms with E-state index in [1.807, 2.05) is 25.1 Å². The van der Waals surface area contributed by atoms with Gasteiger partial charge in [-0.25, -0.2) is 9.78 Å². The van der Waals surface area contributed by atoms with E-state index in [0.717, 1.165) is 29.7 Å². The molecule has 4 aromatic rings. The molecule has 0 aliphatic carbocycles.